The maximum absolute atomic E-state index is 5.90. The average molecular weight is 325 g/mol. The highest BCUT2D eigenvalue weighted by Crippen LogP contribution is 2.33. The van der Waals surface area contributed by atoms with E-state index in [0.29, 0.717) is 16.8 Å². The van der Waals surface area contributed by atoms with Crippen LogP contribution in [0.15, 0.2) is 54.9 Å². The zero-order valence-electron chi connectivity index (χ0n) is 12.8. The molecule has 0 aliphatic rings. The highest BCUT2D eigenvalue weighted by molar-refractivity contribution is 7.07. The summed E-state index contributed by atoms with van der Waals surface area (Å²) in [5.41, 5.74) is 2.52. The minimum absolute atomic E-state index is 0.507. The first kappa shape index (κ1) is 15.2. The number of pyridine rings is 1. The van der Waals surface area contributed by atoms with Gasteiger partial charge in [0.2, 0.25) is 0 Å². The Bertz CT molecular complexity index is 815. The van der Waals surface area contributed by atoms with Crippen molar-refractivity contribution in [3.05, 3.63) is 72.0 Å². The van der Waals surface area contributed by atoms with E-state index in [1.54, 1.807) is 19.6 Å². The van der Waals surface area contributed by atoms with Crippen LogP contribution in [0.25, 0.3) is 5.57 Å². The van der Waals surface area contributed by atoms with Gasteiger partial charge in [0.1, 0.15) is 11.6 Å². The Kier molecular flexibility index (Phi) is 4.63. The monoisotopic (exact) mass is 325 g/mol. The molecule has 0 spiro atoms. The molecule has 2 aromatic heterocycles. The maximum Gasteiger partial charge on any atom is 0.298 e. The number of hydrogen-bond donors (Lipinski definition) is 0. The van der Waals surface area contributed by atoms with Crippen molar-refractivity contribution in [1.82, 2.24) is 14.3 Å². The van der Waals surface area contributed by atoms with Gasteiger partial charge < -0.3 is 9.47 Å². The Morgan fingerprint density at radius 3 is 2.65 bits per heavy atom. The summed E-state index contributed by atoms with van der Waals surface area (Å²) in [6, 6.07) is 13.4. The molecule has 116 valence electrons. The van der Waals surface area contributed by atoms with Gasteiger partial charge in [-0.3, -0.25) is 4.98 Å². The number of nitrogens with zero attached hydrogens (tertiary/aromatic N) is 3. The fraction of sp³-hybridized carbons (Fsp3) is 0.118. The molecule has 0 atom stereocenters. The summed E-state index contributed by atoms with van der Waals surface area (Å²) in [4.78, 5) is 8.64. The number of benzene rings is 1. The zero-order chi connectivity index (χ0) is 16.1. The smallest absolute Gasteiger partial charge is 0.298 e. The molecule has 5 nitrogen and oxygen atoms in total. The topological polar surface area (TPSA) is 57.1 Å². The summed E-state index contributed by atoms with van der Waals surface area (Å²) in [5, 5.41) is 0.507. The predicted molar refractivity (Wildman–Crippen MR) is 89.5 cm³/mol. The van der Waals surface area contributed by atoms with Crippen molar-refractivity contribution in [2.75, 3.05) is 7.11 Å². The van der Waals surface area contributed by atoms with Crippen LogP contribution in [0.1, 0.15) is 17.1 Å². The summed E-state index contributed by atoms with van der Waals surface area (Å²) < 4.78 is 15.3. The summed E-state index contributed by atoms with van der Waals surface area (Å²) in [6.45, 7) is 1.83. The van der Waals surface area contributed by atoms with Crippen LogP contribution in [0.3, 0.4) is 0 Å². The fourth-order valence-corrected chi connectivity index (χ4v) is 2.64. The van der Waals surface area contributed by atoms with Crippen LogP contribution in [-0.4, -0.2) is 21.5 Å². The largest absolute Gasteiger partial charge is 0.504 e. The molecule has 1 aromatic carbocycles. The van der Waals surface area contributed by atoms with Gasteiger partial charge in [-0.15, -0.1) is 0 Å². The minimum Gasteiger partial charge on any atom is -0.504 e. The number of methoxy groups -OCH3 is 1. The van der Waals surface area contributed by atoms with Gasteiger partial charge in [0.25, 0.3) is 5.19 Å². The Labute approximate surface area is 138 Å². The third kappa shape index (κ3) is 3.54. The van der Waals surface area contributed by atoms with E-state index in [1.165, 1.54) is 11.5 Å². The van der Waals surface area contributed by atoms with E-state index in [1.807, 2.05) is 49.4 Å². The Morgan fingerprint density at radius 2 is 1.96 bits per heavy atom. The molecule has 0 unspecified atom stereocenters. The molecule has 3 aromatic rings. The number of ether oxygens (including phenoxy) is 2. The molecule has 2 heterocycles. The predicted octanol–water partition coefficient (Wildman–Crippen LogP) is 4.07. The second kappa shape index (κ2) is 7.02. The Hall–Kier alpha value is -2.73. The van der Waals surface area contributed by atoms with Crippen LogP contribution in [0.2, 0.25) is 0 Å². The highest BCUT2D eigenvalue weighted by atomic mass is 32.1. The van der Waals surface area contributed by atoms with Crippen molar-refractivity contribution < 1.29 is 9.47 Å². The fourth-order valence-electron chi connectivity index (χ4n) is 2.09. The quantitative estimate of drug-likeness (QED) is 0.662. The van der Waals surface area contributed by atoms with E-state index in [9.17, 15) is 0 Å². The van der Waals surface area contributed by atoms with Crippen molar-refractivity contribution >= 4 is 17.1 Å². The van der Waals surface area contributed by atoms with E-state index in [0.717, 1.165) is 16.8 Å². The molecule has 0 aliphatic carbocycles. The molecule has 0 fully saturated rings. The van der Waals surface area contributed by atoms with Crippen LogP contribution in [0, 0.1) is 6.92 Å². The van der Waals surface area contributed by atoms with Gasteiger partial charge in [-0.2, -0.15) is 9.36 Å². The SMILES string of the molecule is CO/C=C(/c1ccccn1)c1ccccc1Oc1nc(C)ns1. The maximum atomic E-state index is 5.90. The lowest BCUT2D eigenvalue weighted by Gasteiger charge is -2.12. The normalized spacial score (nSPS) is 11.3. The highest BCUT2D eigenvalue weighted by Gasteiger charge is 2.14. The number of aromatic nitrogens is 3. The van der Waals surface area contributed by atoms with Crippen LogP contribution in [0.5, 0.6) is 10.9 Å². The molecule has 0 N–H and O–H groups in total. The Morgan fingerprint density at radius 1 is 1.13 bits per heavy atom. The van der Waals surface area contributed by atoms with Crippen LogP contribution >= 0.6 is 11.5 Å². The van der Waals surface area contributed by atoms with E-state index in [4.69, 9.17) is 9.47 Å². The minimum atomic E-state index is 0.507. The number of para-hydroxylation sites is 1. The summed E-state index contributed by atoms with van der Waals surface area (Å²) in [6.07, 6.45) is 3.41. The average Bonchev–Trinajstić information content (AvgIpc) is 2.99. The van der Waals surface area contributed by atoms with Gasteiger partial charge in [-0.25, -0.2) is 0 Å². The van der Waals surface area contributed by atoms with Crippen molar-refractivity contribution in [2.24, 2.45) is 0 Å². The van der Waals surface area contributed by atoms with Gasteiger partial charge in [-0.05, 0) is 25.1 Å². The second-order valence-corrected chi connectivity index (χ2v) is 5.40. The van der Waals surface area contributed by atoms with Gasteiger partial charge in [-0.1, -0.05) is 24.3 Å². The number of hydrogen-bond acceptors (Lipinski definition) is 6. The lowest BCUT2D eigenvalue weighted by Crippen LogP contribution is -1.96. The molecule has 0 radical (unpaired) electrons. The molecular formula is C17H15N3O2S. The second-order valence-electron chi connectivity index (χ2n) is 4.69. The molecule has 0 bridgehead atoms. The first-order valence-corrected chi connectivity index (χ1v) is 7.77. The number of aryl methyl sites for hydroxylation is 1. The first-order valence-electron chi connectivity index (χ1n) is 7.00. The molecular weight excluding hydrogens is 310 g/mol. The lowest BCUT2D eigenvalue weighted by atomic mass is 10.0. The third-order valence-electron chi connectivity index (χ3n) is 3.06. The van der Waals surface area contributed by atoms with Crippen LogP contribution in [-0.2, 0) is 4.74 Å². The van der Waals surface area contributed by atoms with Crippen LogP contribution < -0.4 is 4.74 Å². The zero-order valence-corrected chi connectivity index (χ0v) is 13.6. The first-order chi connectivity index (χ1) is 11.3. The van der Waals surface area contributed by atoms with Gasteiger partial charge in [0.15, 0.2) is 0 Å². The molecule has 3 rings (SSSR count). The van der Waals surface area contributed by atoms with Crippen molar-refractivity contribution in [3.8, 4) is 10.9 Å². The molecule has 0 saturated carbocycles. The number of rotatable bonds is 5. The Balaban J connectivity index is 2.02. The molecule has 23 heavy (non-hydrogen) atoms. The van der Waals surface area contributed by atoms with Gasteiger partial charge in [0, 0.05) is 28.9 Å². The molecule has 0 saturated heterocycles. The van der Waals surface area contributed by atoms with Gasteiger partial charge in [0.05, 0.1) is 19.1 Å². The molecule has 0 amide bonds. The van der Waals surface area contributed by atoms with E-state index in [-0.39, 0.29) is 0 Å². The van der Waals surface area contributed by atoms with E-state index < -0.39 is 0 Å². The summed E-state index contributed by atoms with van der Waals surface area (Å²) in [7, 11) is 1.61. The van der Waals surface area contributed by atoms with Crippen LogP contribution in [0.4, 0.5) is 0 Å². The lowest BCUT2D eigenvalue weighted by molar-refractivity contribution is 0.339. The summed E-state index contributed by atoms with van der Waals surface area (Å²) in [5.74, 6) is 1.37. The van der Waals surface area contributed by atoms with Crippen molar-refractivity contribution in [1.29, 1.82) is 0 Å². The molecule has 6 heteroatoms. The van der Waals surface area contributed by atoms with Crippen molar-refractivity contribution in [2.45, 2.75) is 6.92 Å². The van der Waals surface area contributed by atoms with E-state index >= 15 is 0 Å². The van der Waals surface area contributed by atoms with Crippen molar-refractivity contribution in [3.63, 3.8) is 0 Å². The van der Waals surface area contributed by atoms with Gasteiger partial charge >= 0.3 is 0 Å². The third-order valence-corrected chi connectivity index (χ3v) is 3.75. The van der Waals surface area contributed by atoms with E-state index in [2.05, 4.69) is 14.3 Å². The molecule has 0 aliphatic heterocycles. The standard InChI is InChI=1S/C17H15N3O2S/c1-12-19-17(23-20-12)22-16-9-4-3-7-13(16)14(11-21-2)15-8-5-6-10-18-15/h3-11H,1-2H3/b14-11+. The summed E-state index contributed by atoms with van der Waals surface area (Å²) >= 11 is 1.22.